The van der Waals surface area contributed by atoms with E-state index in [1.54, 1.807) is 11.8 Å². The molecule has 0 spiro atoms. The molecule has 1 N–H and O–H groups in total. The molecule has 0 saturated heterocycles. The molecule has 0 aromatic heterocycles. The molecule has 3 rings (SSSR count). The molecule has 0 heterocycles. The van der Waals surface area contributed by atoms with Gasteiger partial charge < -0.3 is 10.2 Å². The van der Waals surface area contributed by atoms with Crippen molar-refractivity contribution in [2.45, 2.75) is 51.6 Å². The second-order valence-corrected chi connectivity index (χ2v) is 8.92. The molecule has 0 aliphatic carbocycles. The molecule has 178 valence electrons. The summed E-state index contributed by atoms with van der Waals surface area (Å²) in [6.45, 7) is 4.74. The summed E-state index contributed by atoms with van der Waals surface area (Å²) in [5, 5.41) is 3.55. The van der Waals surface area contributed by atoms with Crippen LogP contribution < -0.4 is 5.32 Å². The number of carbonyl (C=O) groups excluding carboxylic acids is 2. The topological polar surface area (TPSA) is 49.4 Å². The monoisotopic (exact) mass is 476 g/mol. The number of rotatable bonds is 11. The van der Waals surface area contributed by atoms with Crippen LogP contribution in [0.3, 0.4) is 0 Å². The van der Waals surface area contributed by atoms with Gasteiger partial charge >= 0.3 is 0 Å². The number of carbonyl (C=O) groups is 2. The lowest BCUT2D eigenvalue weighted by Gasteiger charge is -2.31. The maximum absolute atomic E-state index is 13.8. The van der Waals surface area contributed by atoms with Gasteiger partial charge in [0.2, 0.25) is 11.8 Å². The second-order valence-electron chi connectivity index (χ2n) is 8.51. The van der Waals surface area contributed by atoms with Crippen LogP contribution in [-0.4, -0.2) is 29.3 Å². The van der Waals surface area contributed by atoms with Crippen molar-refractivity contribution in [3.8, 4) is 0 Å². The molecule has 1 atom stereocenters. The Hall–Kier alpha value is -3.11. The zero-order valence-corrected chi connectivity index (χ0v) is 20.7. The quantitative estimate of drug-likeness (QED) is 0.335. The predicted molar refractivity (Wildman–Crippen MR) is 139 cm³/mol. The first-order chi connectivity index (χ1) is 16.5. The molecule has 0 aliphatic heterocycles. The Kier molecular flexibility index (Phi) is 9.72. The van der Waals surface area contributed by atoms with Crippen molar-refractivity contribution >= 4 is 23.4 Å². The molecule has 5 heteroatoms. The van der Waals surface area contributed by atoms with Gasteiger partial charge in [-0.05, 0) is 36.1 Å². The van der Waals surface area contributed by atoms with Crippen molar-refractivity contribution in [2.75, 3.05) is 6.54 Å². The lowest BCUT2D eigenvalue weighted by atomic mass is 9.88. The van der Waals surface area contributed by atoms with Gasteiger partial charge in [0, 0.05) is 30.5 Å². The van der Waals surface area contributed by atoms with E-state index in [1.165, 1.54) is 0 Å². The highest BCUT2D eigenvalue weighted by Crippen LogP contribution is 2.30. The van der Waals surface area contributed by atoms with Crippen LogP contribution in [0.15, 0.2) is 84.9 Å². The molecule has 0 saturated carbocycles. The van der Waals surface area contributed by atoms with Gasteiger partial charge in [0.25, 0.3) is 0 Å². The number of amides is 2. The van der Waals surface area contributed by atoms with E-state index in [0.717, 1.165) is 29.5 Å². The zero-order chi connectivity index (χ0) is 24.3. The Morgan fingerprint density at radius 3 is 2.00 bits per heavy atom. The van der Waals surface area contributed by atoms with E-state index in [4.69, 9.17) is 11.6 Å². The van der Waals surface area contributed by atoms with Gasteiger partial charge in [0.15, 0.2) is 0 Å². The minimum atomic E-state index is -0.618. The summed E-state index contributed by atoms with van der Waals surface area (Å²) in [5.74, 6) is -0.348. The first-order valence-electron chi connectivity index (χ1n) is 11.9. The standard InChI is InChI=1S/C29H33ClN2O2/c1-3-4-19-31-29(34)22(2)32(21-25-17-11-12-18-27(25)30)28(33)20-26(23-13-7-5-8-14-23)24-15-9-6-10-16-24/h5-18,22,26H,3-4,19-21H2,1-2H3,(H,31,34)/t22-/m1/s1. The van der Waals surface area contributed by atoms with Crippen LogP contribution in [0.4, 0.5) is 0 Å². The maximum Gasteiger partial charge on any atom is 0.242 e. The fraction of sp³-hybridized carbons (Fsp3) is 0.310. The van der Waals surface area contributed by atoms with Gasteiger partial charge in [0.1, 0.15) is 6.04 Å². The van der Waals surface area contributed by atoms with Crippen molar-refractivity contribution in [3.05, 3.63) is 107 Å². The molecule has 4 nitrogen and oxygen atoms in total. The minimum absolute atomic E-state index is 0.0873. The van der Waals surface area contributed by atoms with Gasteiger partial charge in [-0.15, -0.1) is 0 Å². The number of unbranched alkanes of at least 4 members (excludes halogenated alkanes) is 1. The Balaban J connectivity index is 1.89. The Morgan fingerprint density at radius 2 is 1.44 bits per heavy atom. The van der Waals surface area contributed by atoms with Gasteiger partial charge in [-0.25, -0.2) is 0 Å². The maximum atomic E-state index is 13.8. The molecular weight excluding hydrogens is 444 g/mol. The first kappa shape index (κ1) is 25.5. The van der Waals surface area contributed by atoms with Crippen LogP contribution in [0, 0.1) is 0 Å². The Bertz CT molecular complexity index is 1020. The SMILES string of the molecule is CCCCNC(=O)[C@@H](C)N(Cc1ccccc1Cl)C(=O)CC(c1ccccc1)c1ccccc1. The summed E-state index contributed by atoms with van der Waals surface area (Å²) in [5.41, 5.74) is 2.96. The van der Waals surface area contributed by atoms with Crippen LogP contribution >= 0.6 is 11.6 Å². The third-order valence-electron chi connectivity index (χ3n) is 6.08. The second kappa shape index (κ2) is 13.0. The van der Waals surface area contributed by atoms with E-state index < -0.39 is 6.04 Å². The van der Waals surface area contributed by atoms with Gasteiger partial charge in [0.05, 0.1) is 0 Å². The van der Waals surface area contributed by atoms with Gasteiger partial charge in [-0.2, -0.15) is 0 Å². The van der Waals surface area contributed by atoms with Crippen molar-refractivity contribution in [2.24, 2.45) is 0 Å². The predicted octanol–water partition coefficient (Wildman–Crippen LogP) is 6.20. The molecule has 2 amide bonds. The van der Waals surface area contributed by atoms with E-state index in [1.807, 2.05) is 84.9 Å². The fourth-order valence-electron chi connectivity index (χ4n) is 4.02. The molecule has 0 bridgehead atoms. The Morgan fingerprint density at radius 1 is 0.882 bits per heavy atom. The highest BCUT2D eigenvalue weighted by atomic mass is 35.5. The van der Waals surface area contributed by atoms with Crippen LogP contribution in [0.5, 0.6) is 0 Å². The molecule has 34 heavy (non-hydrogen) atoms. The molecular formula is C29H33ClN2O2. The van der Waals surface area contributed by atoms with E-state index >= 15 is 0 Å². The van der Waals surface area contributed by atoms with Crippen LogP contribution in [0.25, 0.3) is 0 Å². The highest BCUT2D eigenvalue weighted by Gasteiger charge is 2.29. The summed E-state index contributed by atoms with van der Waals surface area (Å²) in [7, 11) is 0. The molecule has 0 aliphatic rings. The normalized spacial score (nSPS) is 11.8. The van der Waals surface area contributed by atoms with E-state index in [2.05, 4.69) is 12.2 Å². The number of nitrogens with one attached hydrogen (secondary N) is 1. The minimum Gasteiger partial charge on any atom is -0.354 e. The molecule has 0 radical (unpaired) electrons. The third-order valence-corrected chi connectivity index (χ3v) is 6.45. The van der Waals surface area contributed by atoms with E-state index in [9.17, 15) is 9.59 Å². The van der Waals surface area contributed by atoms with Crippen LogP contribution in [0.2, 0.25) is 5.02 Å². The average Bonchev–Trinajstić information content (AvgIpc) is 2.87. The van der Waals surface area contributed by atoms with Crippen molar-refractivity contribution in [3.63, 3.8) is 0 Å². The summed E-state index contributed by atoms with van der Waals surface area (Å²) < 4.78 is 0. The van der Waals surface area contributed by atoms with E-state index in [0.29, 0.717) is 11.6 Å². The fourth-order valence-corrected chi connectivity index (χ4v) is 4.22. The largest absolute Gasteiger partial charge is 0.354 e. The zero-order valence-electron chi connectivity index (χ0n) is 19.9. The van der Waals surface area contributed by atoms with Gasteiger partial charge in [-0.3, -0.25) is 9.59 Å². The van der Waals surface area contributed by atoms with Crippen molar-refractivity contribution in [1.82, 2.24) is 10.2 Å². The molecule has 0 fully saturated rings. The van der Waals surface area contributed by atoms with Crippen LogP contribution in [0.1, 0.15) is 55.7 Å². The number of nitrogens with zero attached hydrogens (tertiary/aromatic N) is 1. The van der Waals surface area contributed by atoms with Crippen molar-refractivity contribution in [1.29, 1.82) is 0 Å². The van der Waals surface area contributed by atoms with Crippen molar-refractivity contribution < 1.29 is 9.59 Å². The summed E-state index contributed by atoms with van der Waals surface area (Å²) >= 11 is 6.42. The summed E-state index contributed by atoms with van der Waals surface area (Å²) in [6, 6.07) is 26.9. The summed E-state index contributed by atoms with van der Waals surface area (Å²) in [4.78, 5) is 28.4. The smallest absolute Gasteiger partial charge is 0.242 e. The highest BCUT2D eigenvalue weighted by molar-refractivity contribution is 6.31. The Labute approximate surface area is 207 Å². The number of hydrogen-bond donors (Lipinski definition) is 1. The molecule has 3 aromatic rings. The van der Waals surface area contributed by atoms with E-state index in [-0.39, 0.29) is 30.7 Å². The summed E-state index contributed by atoms with van der Waals surface area (Å²) in [6.07, 6.45) is 2.15. The first-order valence-corrected chi connectivity index (χ1v) is 12.3. The number of hydrogen-bond acceptors (Lipinski definition) is 2. The van der Waals surface area contributed by atoms with Gasteiger partial charge in [-0.1, -0.05) is 104 Å². The average molecular weight is 477 g/mol. The molecule has 3 aromatic carbocycles. The number of halogens is 1. The third kappa shape index (κ3) is 6.94. The molecule has 0 unspecified atom stereocenters. The van der Waals surface area contributed by atoms with Crippen LogP contribution in [-0.2, 0) is 16.1 Å². The number of benzene rings is 3. The lowest BCUT2D eigenvalue weighted by molar-refractivity contribution is -0.140. The lowest BCUT2D eigenvalue weighted by Crippen LogP contribution is -2.48.